The molecule has 2 nitrogen and oxygen atoms in total. The molecule has 0 aliphatic rings. The predicted molar refractivity (Wildman–Crippen MR) is 90.2 cm³/mol. The van der Waals surface area contributed by atoms with Gasteiger partial charge in [0.2, 0.25) is 0 Å². The molecule has 0 spiro atoms. The highest BCUT2D eigenvalue weighted by Gasteiger charge is 2.19. The van der Waals surface area contributed by atoms with Crippen LogP contribution in [0.25, 0.3) is 0 Å². The fraction of sp³-hybridized carbons (Fsp3) is 0.368. The molecule has 0 heterocycles. The van der Waals surface area contributed by atoms with E-state index in [0.717, 1.165) is 13.1 Å². The summed E-state index contributed by atoms with van der Waals surface area (Å²) in [7, 11) is 0. The average Bonchev–Trinajstić information content (AvgIpc) is 2.51. The summed E-state index contributed by atoms with van der Waals surface area (Å²) >= 11 is 0. The van der Waals surface area contributed by atoms with Gasteiger partial charge in [-0.1, -0.05) is 61.0 Å². The summed E-state index contributed by atoms with van der Waals surface area (Å²) in [5, 5.41) is 0. The first kappa shape index (κ1) is 15.7. The molecular weight excluding hydrogens is 256 g/mol. The van der Waals surface area contributed by atoms with Crippen molar-refractivity contribution in [3.05, 3.63) is 70.8 Å². The Kier molecular flexibility index (Phi) is 5.54. The quantitative estimate of drug-likeness (QED) is 0.872. The Morgan fingerprint density at radius 3 is 2.38 bits per heavy atom. The van der Waals surface area contributed by atoms with Gasteiger partial charge in [-0.3, -0.25) is 4.90 Å². The van der Waals surface area contributed by atoms with E-state index < -0.39 is 0 Å². The highest BCUT2D eigenvalue weighted by Crippen LogP contribution is 2.25. The molecular formula is C19H26N2. The third kappa shape index (κ3) is 3.93. The Morgan fingerprint density at radius 2 is 1.76 bits per heavy atom. The van der Waals surface area contributed by atoms with E-state index in [1.54, 1.807) is 0 Å². The predicted octanol–water partition coefficient (Wildman–Crippen LogP) is 3.83. The molecule has 112 valence electrons. The molecule has 0 saturated heterocycles. The molecule has 2 rings (SSSR count). The van der Waals surface area contributed by atoms with Crippen LogP contribution in [0.2, 0.25) is 0 Å². The van der Waals surface area contributed by atoms with Crippen LogP contribution in [0.4, 0.5) is 0 Å². The lowest BCUT2D eigenvalue weighted by Crippen LogP contribution is -2.33. The molecule has 2 aromatic rings. The SMILES string of the molecule is CCN(Cc1ccccc1)C(CN)c1cc(C)ccc1C. The molecule has 0 aliphatic carbocycles. The standard InChI is InChI=1S/C19H26N2/c1-4-21(14-17-8-6-5-7-9-17)19(13-20)18-12-15(2)10-11-16(18)3/h5-12,19H,4,13-14,20H2,1-3H3. The minimum Gasteiger partial charge on any atom is -0.329 e. The van der Waals surface area contributed by atoms with Crippen LogP contribution >= 0.6 is 0 Å². The number of rotatable bonds is 6. The van der Waals surface area contributed by atoms with Gasteiger partial charge in [0, 0.05) is 19.1 Å². The first-order valence-corrected chi connectivity index (χ1v) is 7.71. The summed E-state index contributed by atoms with van der Waals surface area (Å²) < 4.78 is 0. The summed E-state index contributed by atoms with van der Waals surface area (Å²) in [5.74, 6) is 0. The minimum absolute atomic E-state index is 0.273. The van der Waals surface area contributed by atoms with Crippen LogP contribution in [0.3, 0.4) is 0 Å². The lowest BCUT2D eigenvalue weighted by molar-refractivity contribution is 0.203. The number of hydrogen-bond donors (Lipinski definition) is 1. The van der Waals surface area contributed by atoms with E-state index >= 15 is 0 Å². The third-order valence-corrected chi connectivity index (χ3v) is 4.09. The maximum Gasteiger partial charge on any atom is 0.0476 e. The summed E-state index contributed by atoms with van der Waals surface area (Å²) in [5.41, 5.74) is 11.4. The fourth-order valence-electron chi connectivity index (χ4n) is 2.85. The first-order chi connectivity index (χ1) is 10.2. The van der Waals surface area contributed by atoms with Crippen LogP contribution < -0.4 is 5.73 Å². The van der Waals surface area contributed by atoms with Crippen molar-refractivity contribution in [3.8, 4) is 0 Å². The number of nitrogens with zero attached hydrogens (tertiary/aromatic N) is 1. The van der Waals surface area contributed by atoms with Crippen molar-refractivity contribution >= 4 is 0 Å². The Balaban J connectivity index is 2.27. The highest BCUT2D eigenvalue weighted by molar-refractivity contribution is 5.33. The smallest absolute Gasteiger partial charge is 0.0476 e. The molecule has 0 saturated carbocycles. The zero-order chi connectivity index (χ0) is 15.2. The first-order valence-electron chi connectivity index (χ1n) is 7.71. The van der Waals surface area contributed by atoms with Gasteiger partial charge in [0.25, 0.3) is 0 Å². The number of likely N-dealkylation sites (N-methyl/N-ethyl adjacent to an activating group) is 1. The summed E-state index contributed by atoms with van der Waals surface area (Å²) in [6.45, 7) is 9.09. The van der Waals surface area contributed by atoms with Crippen molar-refractivity contribution in [1.29, 1.82) is 0 Å². The van der Waals surface area contributed by atoms with Crippen LogP contribution in [0.5, 0.6) is 0 Å². The van der Waals surface area contributed by atoms with Gasteiger partial charge in [-0.15, -0.1) is 0 Å². The van der Waals surface area contributed by atoms with Crippen LogP contribution in [-0.4, -0.2) is 18.0 Å². The van der Waals surface area contributed by atoms with E-state index in [-0.39, 0.29) is 6.04 Å². The second kappa shape index (κ2) is 7.39. The van der Waals surface area contributed by atoms with Gasteiger partial charge in [-0.2, -0.15) is 0 Å². The van der Waals surface area contributed by atoms with Crippen molar-refractivity contribution in [2.24, 2.45) is 5.73 Å². The van der Waals surface area contributed by atoms with Crippen LogP contribution in [0.1, 0.15) is 35.2 Å². The van der Waals surface area contributed by atoms with Crippen LogP contribution in [0.15, 0.2) is 48.5 Å². The Labute approximate surface area is 128 Å². The largest absolute Gasteiger partial charge is 0.329 e. The lowest BCUT2D eigenvalue weighted by atomic mass is 9.97. The van der Waals surface area contributed by atoms with Gasteiger partial charge in [-0.25, -0.2) is 0 Å². The number of aryl methyl sites for hydroxylation is 2. The Morgan fingerprint density at radius 1 is 1.05 bits per heavy atom. The Bertz CT molecular complexity index is 563. The summed E-state index contributed by atoms with van der Waals surface area (Å²) in [6, 6.07) is 17.5. The van der Waals surface area contributed by atoms with E-state index in [0.29, 0.717) is 6.54 Å². The van der Waals surface area contributed by atoms with E-state index in [1.165, 1.54) is 22.3 Å². The molecule has 2 heteroatoms. The van der Waals surface area contributed by atoms with Crippen LogP contribution in [0, 0.1) is 13.8 Å². The second-order valence-corrected chi connectivity index (χ2v) is 5.66. The molecule has 2 aromatic carbocycles. The molecule has 0 amide bonds. The normalized spacial score (nSPS) is 12.6. The topological polar surface area (TPSA) is 29.3 Å². The monoisotopic (exact) mass is 282 g/mol. The van der Waals surface area contributed by atoms with Gasteiger partial charge in [0.1, 0.15) is 0 Å². The van der Waals surface area contributed by atoms with E-state index in [1.807, 2.05) is 0 Å². The van der Waals surface area contributed by atoms with Crippen molar-refractivity contribution < 1.29 is 0 Å². The maximum atomic E-state index is 6.11. The molecule has 21 heavy (non-hydrogen) atoms. The summed E-state index contributed by atoms with van der Waals surface area (Å²) in [6.07, 6.45) is 0. The molecule has 0 bridgehead atoms. The lowest BCUT2D eigenvalue weighted by Gasteiger charge is -2.31. The molecule has 0 fully saturated rings. The van der Waals surface area contributed by atoms with Crippen molar-refractivity contribution in [2.75, 3.05) is 13.1 Å². The molecule has 0 radical (unpaired) electrons. The number of hydrogen-bond acceptors (Lipinski definition) is 2. The average molecular weight is 282 g/mol. The molecule has 1 unspecified atom stereocenters. The van der Waals surface area contributed by atoms with E-state index in [2.05, 4.69) is 74.2 Å². The van der Waals surface area contributed by atoms with E-state index in [9.17, 15) is 0 Å². The third-order valence-electron chi connectivity index (χ3n) is 4.09. The molecule has 0 aliphatic heterocycles. The van der Waals surface area contributed by atoms with Gasteiger partial charge < -0.3 is 5.73 Å². The minimum atomic E-state index is 0.273. The van der Waals surface area contributed by atoms with Gasteiger partial charge in [0.05, 0.1) is 0 Å². The molecule has 1 atom stereocenters. The number of nitrogens with two attached hydrogens (primary N) is 1. The van der Waals surface area contributed by atoms with Crippen molar-refractivity contribution in [1.82, 2.24) is 4.90 Å². The van der Waals surface area contributed by atoms with Crippen LogP contribution in [-0.2, 0) is 6.54 Å². The molecule has 2 N–H and O–H groups in total. The zero-order valence-electron chi connectivity index (χ0n) is 13.3. The second-order valence-electron chi connectivity index (χ2n) is 5.66. The zero-order valence-corrected chi connectivity index (χ0v) is 13.3. The van der Waals surface area contributed by atoms with Gasteiger partial charge in [0.15, 0.2) is 0 Å². The summed E-state index contributed by atoms with van der Waals surface area (Å²) in [4.78, 5) is 2.46. The van der Waals surface area contributed by atoms with Crippen molar-refractivity contribution in [3.63, 3.8) is 0 Å². The van der Waals surface area contributed by atoms with Gasteiger partial charge >= 0.3 is 0 Å². The fourth-order valence-corrected chi connectivity index (χ4v) is 2.85. The maximum absolute atomic E-state index is 6.11. The molecule has 0 aromatic heterocycles. The van der Waals surface area contributed by atoms with Crippen molar-refractivity contribution in [2.45, 2.75) is 33.4 Å². The number of benzene rings is 2. The Hall–Kier alpha value is -1.64. The van der Waals surface area contributed by atoms with E-state index in [4.69, 9.17) is 5.73 Å². The van der Waals surface area contributed by atoms with Gasteiger partial charge in [-0.05, 0) is 37.1 Å². The highest BCUT2D eigenvalue weighted by atomic mass is 15.2.